The van der Waals surface area contributed by atoms with Crippen LogP contribution in [0.2, 0.25) is 0 Å². The molecule has 2 aliphatic rings. The van der Waals surface area contributed by atoms with Crippen molar-refractivity contribution in [2.75, 3.05) is 13.1 Å². The lowest BCUT2D eigenvalue weighted by Gasteiger charge is -2.55. The summed E-state index contributed by atoms with van der Waals surface area (Å²) in [5, 5.41) is 9.18. The third-order valence-electron chi connectivity index (χ3n) is 4.53. The minimum Gasteiger partial charge on any atom is -0.480 e. The third kappa shape index (κ3) is 1.97. The highest BCUT2D eigenvalue weighted by Gasteiger charge is 2.50. The van der Waals surface area contributed by atoms with Gasteiger partial charge in [-0.05, 0) is 32.1 Å². The summed E-state index contributed by atoms with van der Waals surface area (Å²) in [5.41, 5.74) is -0.221. The van der Waals surface area contributed by atoms with Gasteiger partial charge < -0.3 is 5.11 Å². The van der Waals surface area contributed by atoms with Crippen molar-refractivity contribution >= 4 is 5.97 Å². The molecule has 1 heterocycles. The van der Waals surface area contributed by atoms with Crippen LogP contribution in [0.15, 0.2) is 0 Å². The topological polar surface area (TPSA) is 40.5 Å². The van der Waals surface area contributed by atoms with Gasteiger partial charge in [-0.3, -0.25) is 9.69 Å². The normalized spacial score (nSPS) is 26.1. The highest BCUT2D eigenvalue weighted by molar-refractivity contribution is 5.77. The lowest BCUT2D eigenvalue weighted by atomic mass is 9.71. The predicted molar refractivity (Wildman–Crippen MR) is 63.4 cm³/mol. The van der Waals surface area contributed by atoms with Gasteiger partial charge in [-0.1, -0.05) is 25.7 Å². The minimum absolute atomic E-state index is 0.462. The average molecular weight is 225 g/mol. The maximum atomic E-state index is 11.2. The molecule has 92 valence electrons. The first kappa shape index (κ1) is 11.9. The van der Waals surface area contributed by atoms with Crippen LogP contribution < -0.4 is 0 Å². The summed E-state index contributed by atoms with van der Waals surface area (Å²) in [5.74, 6) is -0.698. The highest BCUT2D eigenvalue weighted by atomic mass is 16.4. The fourth-order valence-corrected chi connectivity index (χ4v) is 3.09. The molecule has 0 radical (unpaired) electrons. The SMILES string of the molecule is CC(C)(C(=O)O)N1CC2(CCCCCC2)C1. The monoisotopic (exact) mass is 225 g/mol. The third-order valence-corrected chi connectivity index (χ3v) is 4.53. The zero-order valence-electron chi connectivity index (χ0n) is 10.5. The van der Waals surface area contributed by atoms with Gasteiger partial charge in [-0.15, -0.1) is 0 Å². The van der Waals surface area contributed by atoms with Crippen molar-refractivity contribution in [3.63, 3.8) is 0 Å². The van der Waals surface area contributed by atoms with Crippen LogP contribution in [0.4, 0.5) is 0 Å². The van der Waals surface area contributed by atoms with Crippen molar-refractivity contribution < 1.29 is 9.90 Å². The van der Waals surface area contributed by atoms with Gasteiger partial charge in [0.05, 0.1) is 0 Å². The molecule has 1 aliphatic carbocycles. The van der Waals surface area contributed by atoms with Crippen LogP contribution >= 0.6 is 0 Å². The summed E-state index contributed by atoms with van der Waals surface area (Å²) < 4.78 is 0. The van der Waals surface area contributed by atoms with Crippen molar-refractivity contribution in [2.45, 2.75) is 57.9 Å². The van der Waals surface area contributed by atoms with E-state index in [1.54, 1.807) is 0 Å². The zero-order valence-corrected chi connectivity index (χ0v) is 10.5. The van der Waals surface area contributed by atoms with Crippen molar-refractivity contribution in [2.24, 2.45) is 5.41 Å². The van der Waals surface area contributed by atoms with Crippen LogP contribution in [-0.4, -0.2) is 34.6 Å². The Kier molecular flexibility index (Phi) is 2.99. The van der Waals surface area contributed by atoms with Crippen LogP contribution in [-0.2, 0) is 4.79 Å². The molecule has 1 saturated carbocycles. The van der Waals surface area contributed by atoms with E-state index in [1.807, 2.05) is 13.8 Å². The Labute approximate surface area is 97.8 Å². The quantitative estimate of drug-likeness (QED) is 0.785. The lowest BCUT2D eigenvalue weighted by Crippen LogP contribution is -2.65. The molecular formula is C13H23NO2. The predicted octanol–water partition coefficient (Wildman–Crippen LogP) is 2.51. The summed E-state index contributed by atoms with van der Waals surface area (Å²) in [4.78, 5) is 13.3. The van der Waals surface area contributed by atoms with Crippen molar-refractivity contribution in [1.82, 2.24) is 4.90 Å². The van der Waals surface area contributed by atoms with Crippen LogP contribution in [0.25, 0.3) is 0 Å². The van der Waals surface area contributed by atoms with Gasteiger partial charge in [0.1, 0.15) is 5.54 Å². The molecule has 3 nitrogen and oxygen atoms in total. The molecule has 0 bridgehead atoms. The van der Waals surface area contributed by atoms with Gasteiger partial charge >= 0.3 is 5.97 Å². The van der Waals surface area contributed by atoms with Crippen molar-refractivity contribution in [1.29, 1.82) is 0 Å². The maximum Gasteiger partial charge on any atom is 0.323 e. The lowest BCUT2D eigenvalue weighted by molar-refractivity contribution is -0.160. The number of nitrogens with zero attached hydrogens (tertiary/aromatic N) is 1. The van der Waals surface area contributed by atoms with Crippen molar-refractivity contribution in [3.05, 3.63) is 0 Å². The summed E-state index contributed by atoms with van der Waals surface area (Å²) in [6.07, 6.45) is 8.01. The van der Waals surface area contributed by atoms with E-state index in [0.29, 0.717) is 5.41 Å². The van der Waals surface area contributed by atoms with Gasteiger partial charge in [-0.25, -0.2) is 0 Å². The van der Waals surface area contributed by atoms with E-state index >= 15 is 0 Å². The van der Waals surface area contributed by atoms with Gasteiger partial charge in [0, 0.05) is 13.1 Å². The second-order valence-electron chi connectivity index (χ2n) is 6.13. The first-order valence-corrected chi connectivity index (χ1v) is 6.45. The van der Waals surface area contributed by atoms with E-state index < -0.39 is 11.5 Å². The molecule has 2 rings (SSSR count). The van der Waals surface area contributed by atoms with E-state index in [9.17, 15) is 9.90 Å². The smallest absolute Gasteiger partial charge is 0.323 e. The Morgan fingerprint density at radius 1 is 1.12 bits per heavy atom. The fourth-order valence-electron chi connectivity index (χ4n) is 3.09. The number of aliphatic carboxylic acids is 1. The number of carboxylic acid groups (broad SMARTS) is 1. The molecule has 1 aliphatic heterocycles. The zero-order chi connectivity index (χ0) is 11.8. The van der Waals surface area contributed by atoms with E-state index in [1.165, 1.54) is 38.5 Å². The van der Waals surface area contributed by atoms with E-state index in [0.717, 1.165) is 13.1 Å². The molecule has 0 atom stereocenters. The van der Waals surface area contributed by atoms with Crippen molar-refractivity contribution in [3.8, 4) is 0 Å². The van der Waals surface area contributed by atoms with Gasteiger partial charge in [0.2, 0.25) is 0 Å². The highest BCUT2D eigenvalue weighted by Crippen LogP contribution is 2.45. The van der Waals surface area contributed by atoms with Gasteiger partial charge in [0.15, 0.2) is 0 Å². The molecule has 16 heavy (non-hydrogen) atoms. The molecule has 0 unspecified atom stereocenters. The number of rotatable bonds is 2. The molecule has 0 aromatic carbocycles. The Morgan fingerprint density at radius 3 is 2.06 bits per heavy atom. The number of carbonyl (C=O) groups is 1. The summed E-state index contributed by atoms with van der Waals surface area (Å²) in [6, 6.07) is 0. The maximum absolute atomic E-state index is 11.2. The molecule has 1 saturated heterocycles. The van der Waals surface area contributed by atoms with E-state index in [-0.39, 0.29) is 0 Å². The summed E-state index contributed by atoms with van der Waals surface area (Å²) in [7, 11) is 0. The standard InChI is InChI=1S/C13H23NO2/c1-12(2,11(15)16)14-9-13(10-14)7-5-3-4-6-8-13/h3-10H2,1-2H3,(H,15,16). The second-order valence-corrected chi connectivity index (χ2v) is 6.13. The summed E-state index contributed by atoms with van der Waals surface area (Å²) >= 11 is 0. The first-order chi connectivity index (χ1) is 7.46. The molecule has 1 spiro atoms. The van der Waals surface area contributed by atoms with Gasteiger partial charge in [0.25, 0.3) is 0 Å². The molecule has 0 amide bonds. The van der Waals surface area contributed by atoms with Crippen LogP contribution in [0.3, 0.4) is 0 Å². The van der Waals surface area contributed by atoms with Crippen LogP contribution in [0.1, 0.15) is 52.4 Å². The molecule has 3 heteroatoms. The average Bonchev–Trinajstić information content (AvgIpc) is 2.39. The van der Waals surface area contributed by atoms with Crippen LogP contribution in [0.5, 0.6) is 0 Å². The molecule has 0 aromatic heterocycles. The molecule has 0 aromatic rings. The fraction of sp³-hybridized carbons (Fsp3) is 0.923. The largest absolute Gasteiger partial charge is 0.480 e. The Bertz CT molecular complexity index is 270. The number of hydrogen-bond donors (Lipinski definition) is 1. The Balaban J connectivity index is 1.95. The second kappa shape index (κ2) is 4.02. The Hall–Kier alpha value is -0.570. The van der Waals surface area contributed by atoms with E-state index in [2.05, 4.69) is 4.90 Å². The number of hydrogen-bond acceptors (Lipinski definition) is 2. The number of likely N-dealkylation sites (tertiary alicyclic amines) is 1. The minimum atomic E-state index is -0.698. The van der Waals surface area contributed by atoms with Crippen LogP contribution in [0, 0.1) is 5.41 Å². The number of carboxylic acids is 1. The summed E-state index contributed by atoms with van der Waals surface area (Å²) in [6.45, 7) is 5.62. The van der Waals surface area contributed by atoms with E-state index in [4.69, 9.17) is 0 Å². The Morgan fingerprint density at radius 2 is 1.62 bits per heavy atom. The molecule has 1 N–H and O–H groups in total. The van der Waals surface area contributed by atoms with Gasteiger partial charge in [-0.2, -0.15) is 0 Å². The first-order valence-electron chi connectivity index (χ1n) is 6.45. The molecular weight excluding hydrogens is 202 g/mol. The molecule has 2 fully saturated rings.